The monoisotopic (exact) mass is 438 g/mol. The van der Waals surface area contributed by atoms with Crippen LogP contribution in [-0.4, -0.2) is 28.8 Å². The number of halogens is 1. The lowest BCUT2D eigenvalue weighted by atomic mass is 10.1. The van der Waals surface area contributed by atoms with Gasteiger partial charge in [0.2, 0.25) is 0 Å². The number of amides is 1. The number of aromatic nitrogens is 1. The first-order valence-electron chi connectivity index (χ1n) is 8.57. The van der Waals surface area contributed by atoms with Crippen molar-refractivity contribution in [1.29, 1.82) is 0 Å². The topological polar surface area (TPSA) is 77.4 Å². The van der Waals surface area contributed by atoms with Crippen molar-refractivity contribution in [3.63, 3.8) is 0 Å². The Bertz CT molecular complexity index is 1150. The molecule has 1 aliphatic rings. The molecule has 0 bridgehead atoms. The smallest absolute Gasteiger partial charge is 0.333 e. The van der Waals surface area contributed by atoms with Crippen LogP contribution in [0.2, 0.25) is 0 Å². The fourth-order valence-electron chi connectivity index (χ4n) is 3.14. The maximum absolute atomic E-state index is 12.8. The molecule has 0 unspecified atom stereocenters. The van der Waals surface area contributed by atoms with Crippen LogP contribution in [0.15, 0.2) is 71.0 Å². The molecule has 0 fully saturated rings. The van der Waals surface area contributed by atoms with E-state index >= 15 is 0 Å². The summed E-state index contributed by atoms with van der Waals surface area (Å²) in [6, 6.07) is 15.3. The number of esters is 1. The van der Waals surface area contributed by atoms with Gasteiger partial charge in [-0.2, -0.15) is 0 Å². The van der Waals surface area contributed by atoms with Crippen molar-refractivity contribution in [3.05, 3.63) is 82.1 Å². The number of ether oxygens (including phenoxy) is 1. The van der Waals surface area contributed by atoms with Gasteiger partial charge in [-0.3, -0.25) is 9.59 Å². The van der Waals surface area contributed by atoms with Gasteiger partial charge in [0.15, 0.2) is 0 Å². The predicted molar refractivity (Wildman–Crippen MR) is 107 cm³/mol. The van der Waals surface area contributed by atoms with Crippen LogP contribution in [0.3, 0.4) is 0 Å². The Morgan fingerprint density at radius 1 is 1.11 bits per heavy atom. The van der Waals surface area contributed by atoms with E-state index < -0.39 is 17.7 Å². The van der Waals surface area contributed by atoms with Crippen LogP contribution in [0.5, 0.6) is 0 Å². The van der Waals surface area contributed by atoms with E-state index in [1.54, 1.807) is 6.20 Å². The molecule has 2 heterocycles. The van der Waals surface area contributed by atoms with E-state index in [0.717, 1.165) is 15.6 Å². The summed E-state index contributed by atoms with van der Waals surface area (Å²) in [6.45, 7) is 0.506. The molecular formula is C21H15BrN2O4. The molecule has 0 radical (unpaired) electrons. The Morgan fingerprint density at radius 2 is 1.86 bits per heavy atom. The van der Waals surface area contributed by atoms with Crippen molar-refractivity contribution >= 4 is 44.5 Å². The number of hydrogen-bond acceptors (Lipinski definition) is 4. The number of nitrogens with one attached hydrogen (secondary N) is 1. The number of carbonyl (C=O) groups is 3. The van der Waals surface area contributed by atoms with Gasteiger partial charge in [0.05, 0.1) is 11.3 Å². The third kappa shape index (κ3) is 3.48. The molecule has 1 aliphatic heterocycles. The number of Topliss-reactive ketones (excluding diaryl/α,β-unsaturated/α-hetero) is 1. The molecule has 7 heteroatoms. The highest BCUT2D eigenvalue weighted by Gasteiger charge is 2.24. The zero-order valence-corrected chi connectivity index (χ0v) is 16.2. The van der Waals surface area contributed by atoms with E-state index in [4.69, 9.17) is 4.74 Å². The van der Waals surface area contributed by atoms with Crippen molar-refractivity contribution in [3.8, 4) is 0 Å². The van der Waals surface area contributed by atoms with E-state index in [1.807, 2.05) is 53.1 Å². The second-order valence-corrected chi connectivity index (χ2v) is 7.19. The number of para-hydroxylation sites is 1. The van der Waals surface area contributed by atoms with Crippen molar-refractivity contribution in [2.45, 2.75) is 6.54 Å². The summed E-state index contributed by atoms with van der Waals surface area (Å²) in [6.07, 6.45) is 2.86. The number of carbonyl (C=O) groups excluding carboxylic acids is 3. The summed E-state index contributed by atoms with van der Waals surface area (Å²) in [4.78, 5) is 36.3. The Balaban J connectivity index is 1.67. The second-order valence-electron chi connectivity index (χ2n) is 6.34. The van der Waals surface area contributed by atoms with Gasteiger partial charge < -0.3 is 14.6 Å². The number of benzene rings is 2. The highest BCUT2D eigenvalue weighted by Crippen LogP contribution is 2.25. The molecule has 1 amide bonds. The average molecular weight is 439 g/mol. The van der Waals surface area contributed by atoms with Crippen molar-refractivity contribution < 1.29 is 19.1 Å². The van der Waals surface area contributed by atoms with Gasteiger partial charge in [0.25, 0.3) is 11.7 Å². The van der Waals surface area contributed by atoms with Gasteiger partial charge in [-0.1, -0.05) is 52.3 Å². The molecular weight excluding hydrogens is 424 g/mol. The Kier molecular flexibility index (Phi) is 4.83. The number of rotatable bonds is 5. The lowest BCUT2D eigenvalue weighted by Crippen LogP contribution is -2.31. The third-order valence-corrected chi connectivity index (χ3v) is 5.25. The van der Waals surface area contributed by atoms with Gasteiger partial charge in [0.1, 0.15) is 6.61 Å². The molecule has 4 rings (SSSR count). The highest BCUT2D eigenvalue weighted by atomic mass is 79.9. The summed E-state index contributed by atoms with van der Waals surface area (Å²) in [5.74, 6) is -2.00. The molecule has 6 nitrogen and oxygen atoms in total. The van der Waals surface area contributed by atoms with Crippen LogP contribution < -0.4 is 5.32 Å². The molecule has 0 atom stereocenters. The normalized spacial score (nSPS) is 13.3. The minimum Gasteiger partial charge on any atom is -0.456 e. The average Bonchev–Trinajstić information content (AvgIpc) is 3.27. The predicted octanol–water partition coefficient (Wildman–Crippen LogP) is 3.19. The van der Waals surface area contributed by atoms with Gasteiger partial charge in [0, 0.05) is 34.2 Å². The van der Waals surface area contributed by atoms with Crippen LogP contribution in [0.4, 0.5) is 0 Å². The van der Waals surface area contributed by atoms with Crippen LogP contribution >= 0.6 is 15.9 Å². The standard InChI is InChI=1S/C21H15BrN2O4/c22-17-7-3-1-5-13(17)10-24-11-16(15-6-2-4-8-18(15)24)20(26)21(27)23-14-9-19(25)28-12-14/h1-9,11H,10,12H2,(H,23,27). The molecule has 140 valence electrons. The Morgan fingerprint density at radius 3 is 2.61 bits per heavy atom. The Hall–Kier alpha value is -3.19. The van der Waals surface area contributed by atoms with Crippen LogP contribution in [0.25, 0.3) is 10.9 Å². The van der Waals surface area contributed by atoms with Gasteiger partial charge in [-0.25, -0.2) is 4.79 Å². The number of hydrogen-bond donors (Lipinski definition) is 1. The number of fused-ring (bicyclic) bond motifs is 1. The molecule has 0 saturated carbocycles. The van der Waals surface area contributed by atoms with E-state index in [1.165, 1.54) is 6.08 Å². The first kappa shape index (κ1) is 18.2. The number of cyclic esters (lactones) is 1. The quantitative estimate of drug-likeness (QED) is 0.377. The summed E-state index contributed by atoms with van der Waals surface area (Å²) in [5.41, 5.74) is 2.50. The van der Waals surface area contributed by atoms with Crippen molar-refractivity contribution in [2.24, 2.45) is 0 Å². The lowest BCUT2D eigenvalue weighted by Gasteiger charge is -2.07. The second kappa shape index (κ2) is 7.44. The summed E-state index contributed by atoms with van der Waals surface area (Å²) in [7, 11) is 0. The molecule has 3 aromatic rings. The minimum absolute atomic E-state index is 0.0400. The molecule has 0 saturated heterocycles. The zero-order valence-electron chi connectivity index (χ0n) is 14.6. The molecule has 0 aliphatic carbocycles. The van der Waals surface area contributed by atoms with Crippen LogP contribution in [0.1, 0.15) is 15.9 Å². The molecule has 28 heavy (non-hydrogen) atoms. The minimum atomic E-state index is -0.798. The van der Waals surface area contributed by atoms with Crippen LogP contribution in [-0.2, 0) is 20.9 Å². The van der Waals surface area contributed by atoms with Gasteiger partial charge in [-0.15, -0.1) is 0 Å². The van der Waals surface area contributed by atoms with E-state index in [2.05, 4.69) is 21.2 Å². The van der Waals surface area contributed by atoms with E-state index in [-0.39, 0.29) is 12.3 Å². The molecule has 2 aromatic carbocycles. The van der Waals surface area contributed by atoms with Crippen LogP contribution in [0, 0.1) is 0 Å². The lowest BCUT2D eigenvalue weighted by molar-refractivity contribution is -0.135. The fourth-order valence-corrected chi connectivity index (χ4v) is 3.55. The third-order valence-electron chi connectivity index (χ3n) is 4.47. The van der Waals surface area contributed by atoms with E-state index in [9.17, 15) is 14.4 Å². The van der Waals surface area contributed by atoms with Gasteiger partial charge >= 0.3 is 5.97 Å². The molecule has 1 aromatic heterocycles. The Labute approximate surface area is 168 Å². The highest BCUT2D eigenvalue weighted by molar-refractivity contribution is 9.10. The number of ketones is 1. The first-order valence-corrected chi connectivity index (χ1v) is 9.36. The maximum atomic E-state index is 12.8. The summed E-state index contributed by atoms with van der Waals surface area (Å²) >= 11 is 3.54. The molecule has 1 N–H and O–H groups in total. The van der Waals surface area contributed by atoms with Gasteiger partial charge in [-0.05, 0) is 17.7 Å². The number of nitrogens with zero attached hydrogens (tertiary/aromatic N) is 1. The summed E-state index contributed by atoms with van der Waals surface area (Å²) in [5, 5.41) is 3.15. The van der Waals surface area contributed by atoms with Crippen molar-refractivity contribution in [2.75, 3.05) is 6.61 Å². The first-order chi connectivity index (χ1) is 13.5. The summed E-state index contributed by atoms with van der Waals surface area (Å²) < 4.78 is 7.65. The van der Waals surface area contributed by atoms with E-state index in [0.29, 0.717) is 17.5 Å². The largest absolute Gasteiger partial charge is 0.456 e. The zero-order chi connectivity index (χ0) is 19.7. The maximum Gasteiger partial charge on any atom is 0.333 e. The molecule has 0 spiro atoms. The SMILES string of the molecule is O=C1C=C(NC(=O)C(=O)c2cn(Cc3ccccc3Br)c3ccccc23)CO1. The fraction of sp³-hybridized carbons (Fsp3) is 0.0952. The van der Waals surface area contributed by atoms with Crippen molar-refractivity contribution in [1.82, 2.24) is 9.88 Å².